The molecule has 0 spiro atoms. The van der Waals surface area contributed by atoms with E-state index in [2.05, 4.69) is 0 Å². The standard InChI is InChI=1S/C27H44N2O6/c1-7-18(2)25(28(5)17-21-14-9-8-10-15-21)26(33)29(6)24(19(3)12-11-13-20(4)30)22(31)16-23(32)27(34)35/h8-10,14-15,18-20,23-25,30,32H,7,11-13,16-17H2,1-6H3,(H,34,35)/t18-,19-,20?,23?,24-,25-/m0/s1. The number of aliphatic hydroxyl groups excluding tert-OH is 2. The van der Waals surface area contributed by atoms with Crippen LogP contribution in [0.4, 0.5) is 0 Å². The van der Waals surface area contributed by atoms with E-state index in [4.69, 9.17) is 5.11 Å². The summed E-state index contributed by atoms with van der Waals surface area (Å²) in [4.78, 5) is 41.6. The van der Waals surface area contributed by atoms with E-state index in [-0.39, 0.29) is 17.7 Å². The van der Waals surface area contributed by atoms with Gasteiger partial charge < -0.3 is 20.2 Å². The lowest BCUT2D eigenvalue weighted by Crippen LogP contribution is -2.55. The SMILES string of the molecule is CC[C@H](C)[C@@H](C(=O)N(C)[C@H](C(=O)CC(O)C(=O)O)[C@@H](C)CCCC(C)O)N(C)Cc1ccccc1. The zero-order chi connectivity index (χ0) is 26.7. The highest BCUT2D eigenvalue weighted by Gasteiger charge is 2.38. The van der Waals surface area contributed by atoms with E-state index in [0.29, 0.717) is 25.8 Å². The van der Waals surface area contributed by atoms with Crippen LogP contribution in [0.15, 0.2) is 30.3 Å². The molecule has 8 nitrogen and oxygen atoms in total. The first-order valence-corrected chi connectivity index (χ1v) is 12.5. The molecule has 0 aromatic heterocycles. The van der Waals surface area contributed by atoms with E-state index in [1.165, 1.54) is 4.90 Å². The van der Waals surface area contributed by atoms with E-state index < -0.39 is 42.5 Å². The fourth-order valence-electron chi connectivity index (χ4n) is 4.61. The van der Waals surface area contributed by atoms with E-state index >= 15 is 0 Å². The highest BCUT2D eigenvalue weighted by Crippen LogP contribution is 2.25. The molecule has 1 aromatic carbocycles. The number of aliphatic carboxylic acids is 1. The smallest absolute Gasteiger partial charge is 0.332 e. The maximum Gasteiger partial charge on any atom is 0.332 e. The normalized spacial score (nSPS) is 16.7. The van der Waals surface area contributed by atoms with Crippen molar-refractivity contribution in [3.8, 4) is 0 Å². The van der Waals surface area contributed by atoms with Gasteiger partial charge in [0.05, 0.1) is 18.2 Å². The number of nitrogens with zero attached hydrogens (tertiary/aromatic N) is 2. The number of amides is 1. The minimum Gasteiger partial charge on any atom is -0.479 e. The molecule has 8 heteroatoms. The minimum absolute atomic E-state index is 0.0181. The number of carboxylic acids is 1. The number of rotatable bonds is 16. The summed E-state index contributed by atoms with van der Waals surface area (Å²) in [6.45, 7) is 8.15. The maximum absolute atomic E-state index is 13.8. The first kappa shape index (κ1) is 30.7. The lowest BCUT2D eigenvalue weighted by atomic mass is 9.87. The number of ketones is 1. The maximum atomic E-state index is 13.8. The van der Waals surface area contributed by atoms with Crippen LogP contribution in [-0.2, 0) is 20.9 Å². The summed E-state index contributed by atoms with van der Waals surface area (Å²) in [6.07, 6.45) is -0.272. The van der Waals surface area contributed by atoms with Gasteiger partial charge in [-0.05, 0) is 44.2 Å². The fourth-order valence-corrected chi connectivity index (χ4v) is 4.61. The van der Waals surface area contributed by atoms with Crippen molar-refractivity contribution in [3.63, 3.8) is 0 Å². The van der Waals surface area contributed by atoms with Gasteiger partial charge >= 0.3 is 5.97 Å². The zero-order valence-electron chi connectivity index (χ0n) is 22.1. The van der Waals surface area contributed by atoms with Crippen LogP contribution in [0.1, 0.15) is 65.4 Å². The molecule has 0 aliphatic carbocycles. The molecule has 0 aliphatic rings. The largest absolute Gasteiger partial charge is 0.479 e. The van der Waals surface area contributed by atoms with Gasteiger partial charge in [0.15, 0.2) is 11.9 Å². The molecular weight excluding hydrogens is 448 g/mol. The summed E-state index contributed by atoms with van der Waals surface area (Å²) in [5.41, 5.74) is 1.07. The number of carboxylic acid groups (broad SMARTS) is 1. The molecule has 0 aliphatic heterocycles. The number of benzene rings is 1. The molecule has 35 heavy (non-hydrogen) atoms. The van der Waals surface area contributed by atoms with Crippen molar-refractivity contribution < 1.29 is 29.7 Å². The Morgan fingerprint density at radius 1 is 0.914 bits per heavy atom. The Hall–Kier alpha value is -2.29. The molecule has 1 rings (SSSR count). The summed E-state index contributed by atoms with van der Waals surface area (Å²) < 4.78 is 0. The van der Waals surface area contributed by atoms with Crippen LogP contribution >= 0.6 is 0 Å². The molecule has 3 N–H and O–H groups in total. The topological polar surface area (TPSA) is 118 Å². The first-order chi connectivity index (χ1) is 16.4. The number of Topliss-reactive ketones (excluding diaryl/α,β-unsaturated/α-hetero) is 1. The van der Waals surface area contributed by atoms with E-state index in [9.17, 15) is 24.6 Å². The molecule has 0 fully saturated rings. The Morgan fingerprint density at radius 2 is 1.51 bits per heavy atom. The summed E-state index contributed by atoms with van der Waals surface area (Å²) in [5.74, 6) is -2.40. The van der Waals surface area contributed by atoms with Crippen LogP contribution in [0.5, 0.6) is 0 Å². The third kappa shape index (κ3) is 9.70. The third-order valence-corrected chi connectivity index (χ3v) is 6.78. The van der Waals surface area contributed by atoms with Crippen LogP contribution in [0, 0.1) is 11.8 Å². The van der Waals surface area contributed by atoms with E-state index in [0.717, 1.165) is 12.0 Å². The molecule has 0 saturated carbocycles. The van der Waals surface area contributed by atoms with Crippen molar-refractivity contribution in [2.45, 2.75) is 90.6 Å². The Bertz CT molecular complexity index is 800. The fraction of sp³-hybridized carbons (Fsp3) is 0.667. The molecule has 198 valence electrons. The number of carbonyl (C=O) groups is 3. The minimum atomic E-state index is -1.82. The average molecular weight is 493 g/mol. The van der Waals surface area contributed by atoms with E-state index in [1.807, 2.05) is 63.1 Å². The molecule has 0 heterocycles. The van der Waals surface area contributed by atoms with Crippen molar-refractivity contribution in [1.29, 1.82) is 0 Å². The molecule has 2 unspecified atom stereocenters. The quantitative estimate of drug-likeness (QED) is 0.325. The van der Waals surface area contributed by atoms with Gasteiger partial charge in [-0.3, -0.25) is 14.5 Å². The monoisotopic (exact) mass is 492 g/mol. The van der Waals surface area contributed by atoms with Gasteiger partial charge in [-0.1, -0.05) is 63.9 Å². The first-order valence-electron chi connectivity index (χ1n) is 12.5. The number of hydrogen-bond donors (Lipinski definition) is 3. The summed E-state index contributed by atoms with van der Waals surface area (Å²) in [7, 11) is 3.49. The van der Waals surface area contributed by atoms with Crippen LogP contribution in [0.25, 0.3) is 0 Å². The molecule has 6 atom stereocenters. The highest BCUT2D eigenvalue weighted by molar-refractivity contribution is 5.93. The summed E-state index contributed by atoms with van der Waals surface area (Å²) in [5, 5.41) is 28.5. The number of aliphatic hydroxyl groups is 2. The lowest BCUT2D eigenvalue weighted by molar-refractivity contribution is -0.151. The summed E-state index contributed by atoms with van der Waals surface area (Å²) >= 11 is 0. The van der Waals surface area contributed by atoms with E-state index in [1.54, 1.807) is 14.0 Å². The lowest BCUT2D eigenvalue weighted by Gasteiger charge is -2.39. The molecule has 1 amide bonds. The average Bonchev–Trinajstić information content (AvgIpc) is 2.79. The Morgan fingerprint density at radius 3 is 2.03 bits per heavy atom. The van der Waals surface area contributed by atoms with Gasteiger partial charge in [0, 0.05) is 20.0 Å². The van der Waals surface area contributed by atoms with Crippen LogP contribution < -0.4 is 0 Å². The second kappa shape index (κ2) is 15.0. The van der Waals surface area contributed by atoms with Gasteiger partial charge in [-0.2, -0.15) is 0 Å². The molecule has 0 saturated heterocycles. The second-order valence-electron chi connectivity index (χ2n) is 9.91. The van der Waals surface area contributed by atoms with Crippen molar-refractivity contribution in [1.82, 2.24) is 9.80 Å². The van der Waals surface area contributed by atoms with Crippen molar-refractivity contribution in [2.24, 2.45) is 11.8 Å². The second-order valence-corrected chi connectivity index (χ2v) is 9.91. The van der Waals surface area contributed by atoms with Crippen molar-refractivity contribution in [2.75, 3.05) is 14.1 Å². The van der Waals surface area contributed by atoms with Gasteiger partial charge in [-0.25, -0.2) is 4.79 Å². The highest BCUT2D eigenvalue weighted by atomic mass is 16.4. The number of likely N-dealkylation sites (N-methyl/N-ethyl adjacent to an activating group) is 2. The Balaban J connectivity index is 3.20. The molecule has 1 aromatic rings. The van der Waals surface area contributed by atoms with Crippen molar-refractivity contribution in [3.05, 3.63) is 35.9 Å². The van der Waals surface area contributed by atoms with Gasteiger partial charge in [0.2, 0.25) is 5.91 Å². The molecule has 0 radical (unpaired) electrons. The van der Waals surface area contributed by atoms with Gasteiger partial charge in [0.1, 0.15) is 0 Å². The molecule has 0 bridgehead atoms. The van der Waals surface area contributed by atoms with Crippen molar-refractivity contribution >= 4 is 17.7 Å². The van der Waals surface area contributed by atoms with Crippen LogP contribution in [0.2, 0.25) is 0 Å². The predicted octanol–water partition coefficient (Wildman–Crippen LogP) is 2.95. The molecular formula is C27H44N2O6. The predicted molar refractivity (Wildman–Crippen MR) is 136 cm³/mol. The number of hydrogen-bond acceptors (Lipinski definition) is 6. The Labute approximate surface area is 209 Å². The van der Waals surface area contributed by atoms with Gasteiger partial charge in [-0.15, -0.1) is 0 Å². The van der Waals surface area contributed by atoms with Crippen LogP contribution in [-0.4, -0.2) is 81.2 Å². The van der Waals surface area contributed by atoms with Gasteiger partial charge in [0.25, 0.3) is 0 Å². The Kier molecular flexibility index (Phi) is 13.1. The number of carbonyl (C=O) groups excluding carboxylic acids is 2. The zero-order valence-corrected chi connectivity index (χ0v) is 22.1. The summed E-state index contributed by atoms with van der Waals surface area (Å²) in [6, 6.07) is 8.50. The van der Waals surface area contributed by atoms with Crippen LogP contribution in [0.3, 0.4) is 0 Å². The third-order valence-electron chi connectivity index (χ3n) is 6.78.